The van der Waals surface area contributed by atoms with Crippen LogP contribution in [0.2, 0.25) is 5.02 Å². The van der Waals surface area contributed by atoms with Crippen molar-refractivity contribution in [3.05, 3.63) is 58.0 Å². The molecule has 3 rings (SSSR count). The SMILES string of the molecule is O=C1C[C@H](Nc2ccc(Cl)cc2)C(=O)N1c1ccc(Br)cc1. The number of imide groups is 1. The molecule has 0 unspecified atom stereocenters. The number of nitrogens with zero attached hydrogens (tertiary/aromatic N) is 1. The second kappa shape index (κ2) is 6.10. The van der Waals surface area contributed by atoms with Crippen LogP contribution < -0.4 is 10.2 Å². The summed E-state index contributed by atoms with van der Waals surface area (Å²) in [5, 5.41) is 3.70. The monoisotopic (exact) mass is 378 g/mol. The number of hydrogen-bond donors (Lipinski definition) is 1. The smallest absolute Gasteiger partial charge is 0.256 e. The molecule has 0 saturated carbocycles. The van der Waals surface area contributed by atoms with Crippen LogP contribution in [0.5, 0.6) is 0 Å². The van der Waals surface area contributed by atoms with Crippen molar-refractivity contribution in [2.24, 2.45) is 0 Å². The summed E-state index contributed by atoms with van der Waals surface area (Å²) in [5.41, 5.74) is 1.34. The fourth-order valence-electron chi connectivity index (χ4n) is 2.35. The summed E-state index contributed by atoms with van der Waals surface area (Å²) in [7, 11) is 0. The Bertz CT molecular complexity index is 716. The third kappa shape index (κ3) is 3.00. The Balaban J connectivity index is 1.79. The van der Waals surface area contributed by atoms with Gasteiger partial charge in [0, 0.05) is 15.2 Å². The van der Waals surface area contributed by atoms with E-state index in [0.717, 1.165) is 10.2 Å². The predicted molar refractivity (Wildman–Crippen MR) is 90.1 cm³/mol. The van der Waals surface area contributed by atoms with Gasteiger partial charge in [-0.05, 0) is 48.5 Å². The predicted octanol–water partition coefficient (Wildman–Crippen LogP) is 3.85. The second-order valence-corrected chi connectivity index (χ2v) is 6.30. The highest BCUT2D eigenvalue weighted by Gasteiger charge is 2.39. The average molecular weight is 380 g/mol. The van der Waals surface area contributed by atoms with E-state index in [9.17, 15) is 9.59 Å². The molecule has 2 aromatic rings. The minimum atomic E-state index is -0.558. The van der Waals surface area contributed by atoms with Gasteiger partial charge in [-0.15, -0.1) is 0 Å². The van der Waals surface area contributed by atoms with Crippen LogP contribution in [0.4, 0.5) is 11.4 Å². The van der Waals surface area contributed by atoms with E-state index in [1.165, 1.54) is 4.90 Å². The molecular formula is C16H12BrClN2O2. The van der Waals surface area contributed by atoms with Gasteiger partial charge in [-0.25, -0.2) is 4.90 Å². The molecule has 22 heavy (non-hydrogen) atoms. The number of carbonyl (C=O) groups is 2. The van der Waals surface area contributed by atoms with Crippen molar-refractivity contribution >= 4 is 50.7 Å². The van der Waals surface area contributed by atoms with Gasteiger partial charge < -0.3 is 5.32 Å². The van der Waals surface area contributed by atoms with Crippen molar-refractivity contribution in [2.45, 2.75) is 12.5 Å². The van der Waals surface area contributed by atoms with Gasteiger partial charge in [0.15, 0.2) is 0 Å². The van der Waals surface area contributed by atoms with Crippen molar-refractivity contribution in [3.8, 4) is 0 Å². The molecule has 1 saturated heterocycles. The highest BCUT2D eigenvalue weighted by Crippen LogP contribution is 2.26. The van der Waals surface area contributed by atoms with E-state index >= 15 is 0 Å². The molecule has 2 amide bonds. The van der Waals surface area contributed by atoms with Crippen LogP contribution in [0.15, 0.2) is 53.0 Å². The molecule has 1 N–H and O–H groups in total. The first-order valence-electron chi connectivity index (χ1n) is 6.69. The van der Waals surface area contributed by atoms with Crippen LogP contribution in [-0.4, -0.2) is 17.9 Å². The Morgan fingerprint density at radius 1 is 1.05 bits per heavy atom. The minimum Gasteiger partial charge on any atom is -0.373 e. The first kappa shape index (κ1) is 15.1. The molecule has 0 aliphatic carbocycles. The molecule has 112 valence electrons. The maximum absolute atomic E-state index is 12.5. The third-order valence-electron chi connectivity index (χ3n) is 3.42. The van der Waals surface area contributed by atoms with Crippen LogP contribution in [0.3, 0.4) is 0 Å². The lowest BCUT2D eigenvalue weighted by atomic mass is 10.2. The van der Waals surface area contributed by atoms with Gasteiger partial charge in [0.05, 0.1) is 12.1 Å². The first-order valence-corrected chi connectivity index (χ1v) is 7.86. The van der Waals surface area contributed by atoms with Crippen LogP contribution in [0, 0.1) is 0 Å². The summed E-state index contributed by atoms with van der Waals surface area (Å²) < 4.78 is 0.895. The fraction of sp³-hybridized carbons (Fsp3) is 0.125. The lowest BCUT2D eigenvalue weighted by Crippen LogP contribution is -2.34. The molecule has 0 bridgehead atoms. The molecular weight excluding hydrogens is 368 g/mol. The zero-order valence-corrected chi connectivity index (χ0v) is 13.8. The first-order chi connectivity index (χ1) is 10.5. The number of carbonyl (C=O) groups excluding carboxylic acids is 2. The Hall–Kier alpha value is -1.85. The summed E-state index contributed by atoms with van der Waals surface area (Å²) in [6.45, 7) is 0. The molecule has 0 radical (unpaired) electrons. The normalized spacial score (nSPS) is 17.9. The fourth-order valence-corrected chi connectivity index (χ4v) is 2.74. The summed E-state index contributed by atoms with van der Waals surface area (Å²) in [5.74, 6) is -0.457. The van der Waals surface area contributed by atoms with E-state index in [2.05, 4.69) is 21.2 Å². The number of nitrogens with one attached hydrogen (secondary N) is 1. The van der Waals surface area contributed by atoms with Crippen LogP contribution in [-0.2, 0) is 9.59 Å². The molecule has 6 heteroatoms. The van der Waals surface area contributed by atoms with E-state index in [4.69, 9.17) is 11.6 Å². The van der Waals surface area contributed by atoms with Gasteiger partial charge in [-0.3, -0.25) is 9.59 Å². The summed E-state index contributed by atoms with van der Waals surface area (Å²) in [4.78, 5) is 25.9. The van der Waals surface area contributed by atoms with Crippen LogP contribution in [0.25, 0.3) is 0 Å². The zero-order chi connectivity index (χ0) is 15.7. The van der Waals surface area contributed by atoms with Crippen molar-refractivity contribution in [3.63, 3.8) is 0 Å². The summed E-state index contributed by atoms with van der Waals surface area (Å²) in [6, 6.07) is 13.6. The maximum Gasteiger partial charge on any atom is 0.256 e. The molecule has 1 aliphatic heterocycles. The average Bonchev–Trinajstić information content (AvgIpc) is 2.77. The molecule has 1 aliphatic rings. The quantitative estimate of drug-likeness (QED) is 0.824. The highest BCUT2D eigenvalue weighted by atomic mass is 79.9. The number of amides is 2. The Kier molecular flexibility index (Phi) is 4.18. The lowest BCUT2D eigenvalue weighted by Gasteiger charge is -2.16. The van der Waals surface area contributed by atoms with Gasteiger partial charge in [0.2, 0.25) is 5.91 Å². The standard InChI is InChI=1S/C16H12BrClN2O2/c17-10-1-7-13(8-2-10)20-15(21)9-14(16(20)22)19-12-5-3-11(18)4-6-12/h1-8,14,19H,9H2/t14-/m0/s1. The molecule has 1 atom stereocenters. The van der Waals surface area contributed by atoms with Gasteiger partial charge >= 0.3 is 0 Å². The topological polar surface area (TPSA) is 49.4 Å². The Morgan fingerprint density at radius 2 is 1.68 bits per heavy atom. The van der Waals surface area contributed by atoms with E-state index in [1.807, 2.05) is 0 Å². The maximum atomic E-state index is 12.5. The van der Waals surface area contributed by atoms with Crippen molar-refractivity contribution in [1.29, 1.82) is 0 Å². The van der Waals surface area contributed by atoms with Crippen LogP contribution in [0.1, 0.15) is 6.42 Å². The molecule has 0 aromatic heterocycles. The highest BCUT2D eigenvalue weighted by molar-refractivity contribution is 9.10. The molecule has 1 heterocycles. The number of benzene rings is 2. The van der Waals surface area contributed by atoms with Gasteiger partial charge in [-0.2, -0.15) is 0 Å². The van der Waals surface area contributed by atoms with Gasteiger partial charge in [0.1, 0.15) is 6.04 Å². The van der Waals surface area contributed by atoms with E-state index < -0.39 is 6.04 Å². The van der Waals surface area contributed by atoms with E-state index in [-0.39, 0.29) is 18.2 Å². The zero-order valence-electron chi connectivity index (χ0n) is 11.4. The minimum absolute atomic E-state index is 0.136. The molecule has 2 aromatic carbocycles. The number of anilines is 2. The summed E-state index contributed by atoms with van der Waals surface area (Å²) >= 11 is 9.17. The molecule has 0 spiro atoms. The van der Waals surface area contributed by atoms with Crippen molar-refractivity contribution in [2.75, 3.05) is 10.2 Å². The van der Waals surface area contributed by atoms with E-state index in [1.54, 1.807) is 48.5 Å². The van der Waals surface area contributed by atoms with E-state index in [0.29, 0.717) is 10.7 Å². The third-order valence-corrected chi connectivity index (χ3v) is 4.20. The second-order valence-electron chi connectivity index (χ2n) is 4.95. The summed E-state index contributed by atoms with van der Waals surface area (Å²) in [6.07, 6.45) is 0.136. The van der Waals surface area contributed by atoms with Gasteiger partial charge in [0.25, 0.3) is 5.91 Å². The molecule has 1 fully saturated rings. The number of hydrogen-bond acceptors (Lipinski definition) is 3. The Labute approximate surface area is 141 Å². The number of halogens is 2. The van der Waals surface area contributed by atoms with Gasteiger partial charge in [-0.1, -0.05) is 27.5 Å². The lowest BCUT2D eigenvalue weighted by molar-refractivity contribution is -0.121. The van der Waals surface area contributed by atoms with Crippen molar-refractivity contribution < 1.29 is 9.59 Å². The number of rotatable bonds is 3. The van der Waals surface area contributed by atoms with Crippen molar-refractivity contribution in [1.82, 2.24) is 0 Å². The largest absolute Gasteiger partial charge is 0.373 e. The van der Waals surface area contributed by atoms with Crippen LogP contribution >= 0.6 is 27.5 Å². The Morgan fingerprint density at radius 3 is 2.32 bits per heavy atom. The molecule has 4 nitrogen and oxygen atoms in total.